The summed E-state index contributed by atoms with van der Waals surface area (Å²) in [6.07, 6.45) is 0.507. The molecule has 4 unspecified atom stereocenters. The molecule has 1 aliphatic heterocycles. The van der Waals surface area contributed by atoms with E-state index in [2.05, 4.69) is 20.8 Å². The largest absolute Gasteiger partial charge is 0.497 e. The molecule has 132 valence electrons. The average Bonchev–Trinajstić information content (AvgIpc) is 2.58. The van der Waals surface area contributed by atoms with Gasteiger partial charge in [0.05, 0.1) is 12.0 Å². The van der Waals surface area contributed by atoms with Crippen LogP contribution in [0.2, 0.25) is 0 Å². The van der Waals surface area contributed by atoms with Gasteiger partial charge in [-0.2, -0.15) is 0 Å². The molecule has 1 aromatic rings. The number of methoxy groups -OCH3 is 1. The Morgan fingerprint density at radius 2 is 2.00 bits per heavy atom. The standard InChI is InChI=1S/C19H27NO4/c1-7-11(2)12(3)13(4)19-18(20(21)22)14(5)16-10-15(23-6)8-9-17(16)24-19/h8-13,19H,7H2,1-6H3. The zero-order valence-electron chi connectivity index (χ0n) is 15.3. The van der Waals surface area contributed by atoms with Gasteiger partial charge in [0.1, 0.15) is 11.5 Å². The molecular weight excluding hydrogens is 306 g/mol. The molecule has 0 saturated heterocycles. The molecule has 24 heavy (non-hydrogen) atoms. The number of nitrogens with zero attached hydrogens (tertiary/aromatic N) is 1. The Hall–Kier alpha value is -2.04. The molecule has 0 N–H and O–H groups in total. The van der Waals surface area contributed by atoms with E-state index in [1.807, 2.05) is 19.1 Å². The van der Waals surface area contributed by atoms with E-state index in [1.165, 1.54) is 0 Å². The average molecular weight is 333 g/mol. The van der Waals surface area contributed by atoms with Crippen molar-refractivity contribution in [2.45, 2.75) is 47.1 Å². The van der Waals surface area contributed by atoms with Gasteiger partial charge in [0, 0.05) is 17.1 Å². The van der Waals surface area contributed by atoms with Crippen LogP contribution in [0.3, 0.4) is 0 Å². The van der Waals surface area contributed by atoms with E-state index in [9.17, 15) is 10.1 Å². The van der Waals surface area contributed by atoms with Crippen molar-refractivity contribution >= 4 is 5.57 Å². The summed E-state index contributed by atoms with van der Waals surface area (Å²) in [6.45, 7) is 10.3. The molecule has 0 saturated carbocycles. The Bertz CT molecular complexity index is 653. The number of fused-ring (bicyclic) bond motifs is 1. The highest BCUT2D eigenvalue weighted by Crippen LogP contribution is 2.42. The molecule has 0 radical (unpaired) electrons. The van der Waals surface area contributed by atoms with Gasteiger partial charge in [-0.3, -0.25) is 10.1 Å². The van der Waals surface area contributed by atoms with Crippen molar-refractivity contribution in [2.75, 3.05) is 7.11 Å². The predicted octanol–water partition coefficient (Wildman–Crippen LogP) is 4.78. The topological polar surface area (TPSA) is 61.6 Å². The van der Waals surface area contributed by atoms with Crippen molar-refractivity contribution in [3.63, 3.8) is 0 Å². The molecule has 1 aromatic carbocycles. The van der Waals surface area contributed by atoms with Crippen molar-refractivity contribution in [2.24, 2.45) is 17.8 Å². The Morgan fingerprint density at radius 1 is 1.33 bits per heavy atom. The van der Waals surface area contributed by atoms with Gasteiger partial charge in [-0.05, 0) is 37.0 Å². The first-order valence-corrected chi connectivity index (χ1v) is 8.52. The molecular formula is C19H27NO4. The summed E-state index contributed by atoms with van der Waals surface area (Å²) in [6, 6.07) is 5.46. The summed E-state index contributed by atoms with van der Waals surface area (Å²) in [4.78, 5) is 11.5. The Labute approximate surface area is 143 Å². The van der Waals surface area contributed by atoms with Crippen LogP contribution in [0.1, 0.15) is 46.6 Å². The van der Waals surface area contributed by atoms with E-state index < -0.39 is 6.10 Å². The maximum absolute atomic E-state index is 11.7. The highest BCUT2D eigenvalue weighted by atomic mass is 16.6. The molecule has 0 fully saturated rings. The summed E-state index contributed by atoms with van der Waals surface area (Å²) in [7, 11) is 1.58. The van der Waals surface area contributed by atoms with Crippen LogP contribution >= 0.6 is 0 Å². The lowest BCUT2D eigenvalue weighted by Gasteiger charge is -2.34. The molecule has 2 rings (SSSR count). The van der Waals surface area contributed by atoms with E-state index in [1.54, 1.807) is 20.1 Å². The zero-order chi connectivity index (χ0) is 18.0. The first kappa shape index (κ1) is 18.3. The minimum Gasteiger partial charge on any atom is -0.497 e. The Kier molecular flexibility index (Phi) is 5.52. The van der Waals surface area contributed by atoms with E-state index in [4.69, 9.17) is 9.47 Å². The van der Waals surface area contributed by atoms with Crippen LogP contribution < -0.4 is 9.47 Å². The number of ether oxygens (including phenoxy) is 2. The fourth-order valence-electron chi connectivity index (χ4n) is 3.34. The van der Waals surface area contributed by atoms with E-state index in [-0.39, 0.29) is 16.5 Å². The van der Waals surface area contributed by atoms with Crippen LogP contribution in [-0.4, -0.2) is 18.1 Å². The molecule has 0 aliphatic carbocycles. The summed E-state index contributed by atoms with van der Waals surface area (Å²) >= 11 is 0. The second-order valence-electron chi connectivity index (χ2n) is 6.77. The summed E-state index contributed by atoms with van der Waals surface area (Å²) < 4.78 is 11.3. The SMILES string of the molecule is CCC(C)C(C)C(C)C1Oc2ccc(OC)cc2C(C)=C1[N+](=O)[O-]. The van der Waals surface area contributed by atoms with E-state index in [0.29, 0.717) is 28.9 Å². The van der Waals surface area contributed by atoms with Gasteiger partial charge >= 0.3 is 0 Å². The minimum atomic E-state index is -0.537. The maximum atomic E-state index is 11.7. The van der Waals surface area contributed by atoms with Gasteiger partial charge < -0.3 is 9.47 Å². The molecule has 0 aromatic heterocycles. The zero-order valence-corrected chi connectivity index (χ0v) is 15.3. The van der Waals surface area contributed by atoms with Crippen LogP contribution in [-0.2, 0) is 0 Å². The van der Waals surface area contributed by atoms with Crippen molar-refractivity contribution in [1.29, 1.82) is 0 Å². The third kappa shape index (κ3) is 3.25. The third-order valence-corrected chi connectivity index (χ3v) is 5.54. The lowest BCUT2D eigenvalue weighted by molar-refractivity contribution is -0.436. The van der Waals surface area contributed by atoms with Crippen LogP contribution in [0.4, 0.5) is 0 Å². The molecule has 5 nitrogen and oxygen atoms in total. The van der Waals surface area contributed by atoms with Crippen molar-refractivity contribution in [3.05, 3.63) is 39.6 Å². The smallest absolute Gasteiger partial charge is 0.290 e. The first-order valence-electron chi connectivity index (χ1n) is 8.52. The van der Waals surface area contributed by atoms with Gasteiger partial charge in [-0.1, -0.05) is 34.1 Å². The van der Waals surface area contributed by atoms with Gasteiger partial charge in [0.15, 0.2) is 6.10 Å². The lowest BCUT2D eigenvalue weighted by atomic mass is 9.78. The van der Waals surface area contributed by atoms with Crippen molar-refractivity contribution < 1.29 is 14.4 Å². The van der Waals surface area contributed by atoms with Gasteiger partial charge in [-0.15, -0.1) is 0 Å². The summed E-state index contributed by atoms with van der Waals surface area (Å²) in [5, 5.41) is 11.7. The number of hydrogen-bond donors (Lipinski definition) is 0. The second kappa shape index (κ2) is 7.24. The second-order valence-corrected chi connectivity index (χ2v) is 6.77. The molecule has 1 heterocycles. The van der Waals surface area contributed by atoms with Gasteiger partial charge in [-0.25, -0.2) is 0 Å². The minimum absolute atomic E-state index is 0.0468. The number of nitro groups is 1. The molecule has 5 heteroatoms. The van der Waals surface area contributed by atoms with Crippen LogP contribution in [0, 0.1) is 27.9 Å². The van der Waals surface area contributed by atoms with Crippen LogP contribution in [0.5, 0.6) is 11.5 Å². The number of allylic oxidation sites excluding steroid dienone is 1. The molecule has 0 bridgehead atoms. The lowest BCUT2D eigenvalue weighted by Crippen LogP contribution is -2.38. The Balaban J connectivity index is 2.48. The fraction of sp³-hybridized carbons (Fsp3) is 0.579. The third-order valence-electron chi connectivity index (χ3n) is 5.54. The highest BCUT2D eigenvalue weighted by molar-refractivity contribution is 5.74. The summed E-state index contributed by atoms with van der Waals surface area (Å²) in [5.74, 6) is 2.20. The van der Waals surface area contributed by atoms with Crippen molar-refractivity contribution in [1.82, 2.24) is 0 Å². The highest BCUT2D eigenvalue weighted by Gasteiger charge is 2.41. The normalized spacial score (nSPS) is 20.7. The monoisotopic (exact) mass is 333 g/mol. The quantitative estimate of drug-likeness (QED) is 0.555. The molecule has 0 spiro atoms. The van der Waals surface area contributed by atoms with E-state index in [0.717, 1.165) is 12.0 Å². The van der Waals surface area contributed by atoms with Gasteiger partial charge in [0.25, 0.3) is 5.70 Å². The van der Waals surface area contributed by atoms with E-state index >= 15 is 0 Å². The number of hydrogen-bond acceptors (Lipinski definition) is 4. The predicted molar refractivity (Wildman–Crippen MR) is 94.8 cm³/mol. The number of rotatable bonds is 6. The molecule has 4 atom stereocenters. The maximum Gasteiger partial charge on any atom is 0.290 e. The summed E-state index contributed by atoms with van der Waals surface area (Å²) in [5.41, 5.74) is 1.56. The number of benzene rings is 1. The fourth-order valence-corrected chi connectivity index (χ4v) is 3.34. The molecule has 1 aliphatic rings. The van der Waals surface area contributed by atoms with Crippen LogP contribution in [0.15, 0.2) is 23.9 Å². The Morgan fingerprint density at radius 3 is 2.54 bits per heavy atom. The molecule has 0 amide bonds. The first-order chi connectivity index (χ1) is 11.3. The van der Waals surface area contributed by atoms with Crippen LogP contribution in [0.25, 0.3) is 5.57 Å². The van der Waals surface area contributed by atoms with Gasteiger partial charge in [0.2, 0.25) is 0 Å². The van der Waals surface area contributed by atoms with Crippen molar-refractivity contribution in [3.8, 4) is 11.5 Å².